The number of carbonyl (C=O) groups excluding carboxylic acids is 2. The summed E-state index contributed by atoms with van der Waals surface area (Å²) in [5.74, 6) is 0.531. The highest BCUT2D eigenvalue weighted by molar-refractivity contribution is 5.94. The minimum Gasteiger partial charge on any atom is -0.337 e. The van der Waals surface area contributed by atoms with E-state index in [4.69, 9.17) is 0 Å². The zero-order valence-corrected chi connectivity index (χ0v) is 16.7. The van der Waals surface area contributed by atoms with Crippen molar-refractivity contribution in [2.24, 2.45) is 0 Å². The van der Waals surface area contributed by atoms with Crippen LogP contribution in [-0.2, 0) is 0 Å². The van der Waals surface area contributed by atoms with Gasteiger partial charge in [-0.3, -0.25) is 4.79 Å². The van der Waals surface area contributed by atoms with E-state index < -0.39 is 0 Å². The van der Waals surface area contributed by atoms with Gasteiger partial charge in [0.15, 0.2) is 0 Å². The summed E-state index contributed by atoms with van der Waals surface area (Å²) in [6, 6.07) is 8.30. The molecule has 0 radical (unpaired) electrons. The minimum absolute atomic E-state index is 0.0393. The minimum atomic E-state index is 0.0393. The van der Waals surface area contributed by atoms with Crippen molar-refractivity contribution in [1.29, 1.82) is 0 Å². The van der Waals surface area contributed by atoms with Crippen LogP contribution in [0.1, 0.15) is 74.2 Å². The molecule has 0 atom stereocenters. The van der Waals surface area contributed by atoms with Crippen LogP contribution in [0.25, 0.3) is 0 Å². The second-order valence-corrected chi connectivity index (χ2v) is 8.19. The lowest BCUT2D eigenvalue weighted by molar-refractivity contribution is 0.0762. The van der Waals surface area contributed by atoms with Gasteiger partial charge in [-0.05, 0) is 42.9 Å². The Labute approximate surface area is 163 Å². The molecule has 1 saturated carbocycles. The van der Waals surface area contributed by atoms with Crippen molar-refractivity contribution in [3.63, 3.8) is 0 Å². The summed E-state index contributed by atoms with van der Waals surface area (Å²) >= 11 is 0. The van der Waals surface area contributed by atoms with Gasteiger partial charge in [-0.15, -0.1) is 0 Å². The molecule has 5 nitrogen and oxygen atoms in total. The Morgan fingerprint density at radius 1 is 0.889 bits per heavy atom. The third kappa shape index (κ3) is 5.24. The van der Waals surface area contributed by atoms with Crippen molar-refractivity contribution in [2.45, 2.75) is 64.3 Å². The molecule has 0 unspecified atom stereocenters. The van der Waals surface area contributed by atoms with Gasteiger partial charge < -0.3 is 15.1 Å². The van der Waals surface area contributed by atoms with E-state index in [1.807, 2.05) is 34.1 Å². The van der Waals surface area contributed by atoms with Crippen LogP contribution in [-0.4, -0.2) is 54.0 Å². The number of nitrogens with zero attached hydrogens (tertiary/aromatic N) is 2. The maximum absolute atomic E-state index is 12.8. The zero-order valence-electron chi connectivity index (χ0n) is 16.7. The fourth-order valence-electron chi connectivity index (χ4n) is 4.03. The highest BCUT2D eigenvalue weighted by Gasteiger charge is 2.24. The number of carbonyl (C=O) groups is 2. The molecule has 0 aromatic heterocycles. The van der Waals surface area contributed by atoms with Gasteiger partial charge in [0.05, 0.1) is 0 Å². The lowest BCUT2D eigenvalue weighted by atomic mass is 9.96. The van der Waals surface area contributed by atoms with Gasteiger partial charge in [-0.1, -0.05) is 45.2 Å². The summed E-state index contributed by atoms with van der Waals surface area (Å²) < 4.78 is 0. The number of nitrogens with one attached hydrogen (secondary N) is 1. The van der Waals surface area contributed by atoms with Crippen LogP contribution < -0.4 is 5.32 Å². The number of hydrogen-bond donors (Lipinski definition) is 1. The number of rotatable bonds is 3. The van der Waals surface area contributed by atoms with Crippen LogP contribution in [0, 0.1) is 0 Å². The monoisotopic (exact) mass is 371 g/mol. The second-order valence-electron chi connectivity index (χ2n) is 8.19. The van der Waals surface area contributed by atoms with E-state index in [2.05, 4.69) is 19.2 Å². The summed E-state index contributed by atoms with van der Waals surface area (Å²) in [6.45, 7) is 6.93. The average molecular weight is 372 g/mol. The molecule has 1 aromatic rings. The van der Waals surface area contributed by atoms with Gasteiger partial charge >= 0.3 is 6.03 Å². The molecule has 5 heteroatoms. The Bertz CT molecular complexity index is 635. The predicted molar refractivity (Wildman–Crippen MR) is 108 cm³/mol. The van der Waals surface area contributed by atoms with Crippen LogP contribution in [0.4, 0.5) is 4.79 Å². The Hall–Kier alpha value is -2.04. The van der Waals surface area contributed by atoms with E-state index in [0.717, 1.165) is 24.8 Å². The molecule has 0 bridgehead atoms. The highest BCUT2D eigenvalue weighted by atomic mass is 16.2. The van der Waals surface area contributed by atoms with Crippen LogP contribution in [0.3, 0.4) is 0 Å². The van der Waals surface area contributed by atoms with E-state index in [-0.39, 0.29) is 11.9 Å². The van der Waals surface area contributed by atoms with Crippen molar-refractivity contribution in [3.05, 3.63) is 35.4 Å². The van der Waals surface area contributed by atoms with Crippen molar-refractivity contribution in [3.8, 4) is 0 Å². The maximum Gasteiger partial charge on any atom is 0.317 e. The van der Waals surface area contributed by atoms with E-state index in [1.165, 1.54) is 24.8 Å². The van der Waals surface area contributed by atoms with Gasteiger partial charge in [0.1, 0.15) is 0 Å². The highest BCUT2D eigenvalue weighted by Crippen LogP contribution is 2.19. The Kier molecular flexibility index (Phi) is 6.75. The average Bonchev–Trinajstić information content (AvgIpc) is 2.94. The molecule has 1 aliphatic carbocycles. The smallest absolute Gasteiger partial charge is 0.317 e. The summed E-state index contributed by atoms with van der Waals surface area (Å²) in [5, 5.41) is 3.19. The van der Waals surface area contributed by atoms with Crippen molar-refractivity contribution in [2.75, 3.05) is 26.2 Å². The molecular weight excluding hydrogens is 338 g/mol. The fourth-order valence-corrected chi connectivity index (χ4v) is 4.03. The summed E-state index contributed by atoms with van der Waals surface area (Å²) in [7, 11) is 0. The predicted octanol–water partition coefficient (Wildman–Crippen LogP) is 4.00. The third-order valence-corrected chi connectivity index (χ3v) is 5.83. The zero-order chi connectivity index (χ0) is 19.2. The van der Waals surface area contributed by atoms with Crippen LogP contribution in [0.5, 0.6) is 0 Å². The molecule has 3 amide bonds. The van der Waals surface area contributed by atoms with Gasteiger partial charge in [-0.2, -0.15) is 0 Å². The first-order valence-electron chi connectivity index (χ1n) is 10.5. The number of hydrogen-bond acceptors (Lipinski definition) is 2. The second kappa shape index (κ2) is 9.25. The first-order chi connectivity index (χ1) is 13.0. The fraction of sp³-hybridized carbons (Fsp3) is 0.636. The lowest BCUT2D eigenvalue weighted by Gasteiger charge is -2.27. The molecule has 148 valence electrons. The van der Waals surface area contributed by atoms with E-state index >= 15 is 0 Å². The number of amides is 3. The normalized spacial score (nSPS) is 19.1. The summed E-state index contributed by atoms with van der Waals surface area (Å²) in [4.78, 5) is 29.2. The molecule has 2 aliphatic rings. The van der Waals surface area contributed by atoms with E-state index in [1.54, 1.807) is 0 Å². The van der Waals surface area contributed by atoms with Crippen molar-refractivity contribution >= 4 is 11.9 Å². The standard InChI is InChI=1S/C22H33N3O2/c1-17(2)18-9-11-19(12-10-18)21(26)24-13-6-14-25(16-15-24)22(27)23-20-7-4-3-5-8-20/h9-12,17,20H,3-8,13-16H2,1-2H3,(H,23,27). The number of urea groups is 1. The molecule has 1 aromatic carbocycles. The van der Waals surface area contributed by atoms with E-state index in [0.29, 0.717) is 38.1 Å². The summed E-state index contributed by atoms with van der Waals surface area (Å²) in [6.07, 6.45) is 6.72. The Morgan fingerprint density at radius 2 is 1.52 bits per heavy atom. The molecule has 27 heavy (non-hydrogen) atoms. The Morgan fingerprint density at radius 3 is 2.19 bits per heavy atom. The van der Waals surface area contributed by atoms with Crippen molar-refractivity contribution < 1.29 is 9.59 Å². The molecule has 1 heterocycles. The molecule has 1 N–H and O–H groups in total. The van der Waals surface area contributed by atoms with Crippen molar-refractivity contribution in [1.82, 2.24) is 15.1 Å². The molecule has 1 saturated heterocycles. The van der Waals surface area contributed by atoms with E-state index in [9.17, 15) is 9.59 Å². The largest absolute Gasteiger partial charge is 0.337 e. The lowest BCUT2D eigenvalue weighted by Crippen LogP contribution is -2.46. The van der Waals surface area contributed by atoms with Gasteiger partial charge in [0.25, 0.3) is 5.91 Å². The first-order valence-corrected chi connectivity index (χ1v) is 10.5. The SMILES string of the molecule is CC(C)c1ccc(C(=O)N2CCCN(C(=O)NC3CCCCC3)CC2)cc1. The quantitative estimate of drug-likeness (QED) is 0.873. The Balaban J connectivity index is 1.54. The topological polar surface area (TPSA) is 52.7 Å². The van der Waals surface area contributed by atoms with Crippen LogP contribution in [0.15, 0.2) is 24.3 Å². The van der Waals surface area contributed by atoms with Gasteiger partial charge in [-0.25, -0.2) is 4.79 Å². The van der Waals surface area contributed by atoms with Gasteiger partial charge in [0, 0.05) is 37.8 Å². The molecule has 0 spiro atoms. The third-order valence-electron chi connectivity index (χ3n) is 5.83. The number of benzene rings is 1. The molecule has 1 aliphatic heterocycles. The molecule has 3 rings (SSSR count). The molecule has 2 fully saturated rings. The van der Waals surface area contributed by atoms with Crippen LogP contribution >= 0.6 is 0 Å². The maximum atomic E-state index is 12.8. The van der Waals surface area contributed by atoms with Gasteiger partial charge in [0.2, 0.25) is 0 Å². The molecular formula is C22H33N3O2. The summed E-state index contributed by atoms with van der Waals surface area (Å²) in [5.41, 5.74) is 1.98. The van der Waals surface area contributed by atoms with Crippen LogP contribution in [0.2, 0.25) is 0 Å². The first kappa shape index (κ1) is 19.7.